The summed E-state index contributed by atoms with van der Waals surface area (Å²) in [5.41, 5.74) is 3.15. The van der Waals surface area contributed by atoms with Crippen molar-refractivity contribution in [1.82, 2.24) is 9.55 Å². The van der Waals surface area contributed by atoms with Crippen LogP contribution in [0.4, 0.5) is 0 Å². The smallest absolute Gasteiger partial charge is 0.338 e. The highest BCUT2D eigenvalue weighted by molar-refractivity contribution is 6.29. The van der Waals surface area contributed by atoms with E-state index in [-0.39, 0.29) is 11.6 Å². The number of carbonyl (C=O) groups is 1. The fourth-order valence-corrected chi connectivity index (χ4v) is 2.51. The molecule has 116 valence electrons. The zero-order valence-corrected chi connectivity index (χ0v) is 13.4. The van der Waals surface area contributed by atoms with Crippen LogP contribution in [0.1, 0.15) is 16.2 Å². The van der Waals surface area contributed by atoms with Gasteiger partial charge in [0.25, 0.3) is 0 Å². The van der Waals surface area contributed by atoms with Gasteiger partial charge in [0.05, 0.1) is 16.6 Å². The van der Waals surface area contributed by atoms with Crippen molar-refractivity contribution in [3.8, 4) is 5.69 Å². The Hall–Kier alpha value is -2.59. The zero-order valence-electron chi connectivity index (χ0n) is 12.6. The van der Waals surface area contributed by atoms with Gasteiger partial charge in [-0.1, -0.05) is 36.4 Å². The van der Waals surface area contributed by atoms with Crippen LogP contribution < -0.4 is 0 Å². The van der Waals surface area contributed by atoms with E-state index in [2.05, 4.69) is 11.6 Å². The number of rotatable bonds is 4. The maximum atomic E-state index is 12.0. The third-order valence-corrected chi connectivity index (χ3v) is 3.54. The average Bonchev–Trinajstić information content (AvgIpc) is 2.88. The number of para-hydroxylation sites is 1. The molecule has 0 aliphatic heterocycles. The lowest BCUT2D eigenvalue weighted by molar-refractivity contribution is 0.0546. The van der Waals surface area contributed by atoms with Gasteiger partial charge in [-0.3, -0.25) is 4.57 Å². The number of esters is 1. The Kier molecular flexibility index (Phi) is 4.17. The Morgan fingerprint density at radius 2 is 2.00 bits per heavy atom. The van der Waals surface area contributed by atoms with Crippen molar-refractivity contribution in [3.63, 3.8) is 0 Å². The van der Waals surface area contributed by atoms with Crippen molar-refractivity contribution in [2.24, 2.45) is 0 Å². The normalized spacial score (nSPS) is 10.7. The fraction of sp³-hybridized carbons (Fsp3) is 0.111. The zero-order chi connectivity index (χ0) is 16.4. The second kappa shape index (κ2) is 6.26. The first-order valence-electron chi connectivity index (χ1n) is 7.11. The molecule has 23 heavy (non-hydrogen) atoms. The molecule has 0 aliphatic rings. The maximum Gasteiger partial charge on any atom is 0.338 e. The lowest BCUT2D eigenvalue weighted by Crippen LogP contribution is -2.06. The summed E-state index contributed by atoms with van der Waals surface area (Å²) in [7, 11) is 0. The van der Waals surface area contributed by atoms with Crippen molar-refractivity contribution in [1.29, 1.82) is 0 Å². The molecule has 3 aromatic rings. The number of hydrogen-bond donors (Lipinski definition) is 0. The van der Waals surface area contributed by atoms with Crippen molar-refractivity contribution in [2.45, 2.75) is 6.92 Å². The van der Waals surface area contributed by atoms with Gasteiger partial charge in [0, 0.05) is 10.7 Å². The molecular formula is C18H15ClN2O2. The minimum Gasteiger partial charge on any atom is -0.456 e. The molecule has 4 nitrogen and oxygen atoms in total. The minimum atomic E-state index is -0.444. The van der Waals surface area contributed by atoms with E-state index in [0.717, 1.165) is 22.5 Å². The molecule has 0 saturated carbocycles. The van der Waals surface area contributed by atoms with E-state index in [1.807, 2.05) is 47.9 Å². The van der Waals surface area contributed by atoms with E-state index in [9.17, 15) is 4.79 Å². The molecule has 3 rings (SSSR count). The quantitative estimate of drug-likeness (QED) is 0.673. The lowest BCUT2D eigenvalue weighted by Gasteiger charge is -2.07. The van der Waals surface area contributed by atoms with E-state index in [1.54, 1.807) is 12.1 Å². The summed E-state index contributed by atoms with van der Waals surface area (Å²) in [6.07, 6.45) is 0. The number of nitrogens with zero attached hydrogens (tertiary/aromatic N) is 2. The number of carbonyl (C=O) groups excluding carboxylic acids is 1. The number of imidazole rings is 1. The third-order valence-electron chi connectivity index (χ3n) is 3.43. The van der Waals surface area contributed by atoms with Crippen molar-refractivity contribution in [3.05, 3.63) is 71.5 Å². The number of halogens is 1. The molecule has 0 bridgehead atoms. The van der Waals surface area contributed by atoms with Gasteiger partial charge < -0.3 is 4.74 Å². The highest BCUT2D eigenvalue weighted by atomic mass is 35.5. The number of aryl methyl sites for hydroxylation is 1. The predicted octanol–water partition coefficient (Wildman–Crippen LogP) is 4.24. The van der Waals surface area contributed by atoms with Gasteiger partial charge in [-0.25, -0.2) is 9.78 Å². The summed E-state index contributed by atoms with van der Waals surface area (Å²) in [5, 5.41) is 0.281. The van der Waals surface area contributed by atoms with E-state index >= 15 is 0 Å². The van der Waals surface area contributed by atoms with Crippen LogP contribution in [-0.2, 0) is 4.74 Å². The standard InChI is InChI=1S/C18H15ClN2O2/c1-12(19)11-23-18(22)14-8-9-17-16(10-14)20-13(2)21(17)15-6-4-3-5-7-15/h3-10H,1,11H2,2H3. The molecule has 0 amide bonds. The number of fused-ring (bicyclic) bond motifs is 1. The Morgan fingerprint density at radius 3 is 2.70 bits per heavy atom. The van der Waals surface area contributed by atoms with Gasteiger partial charge in [0.15, 0.2) is 0 Å². The number of benzene rings is 2. The Balaban J connectivity index is 2.00. The highest BCUT2D eigenvalue weighted by Gasteiger charge is 2.13. The van der Waals surface area contributed by atoms with Crippen LogP contribution in [0.15, 0.2) is 60.1 Å². The molecule has 0 aliphatic carbocycles. The summed E-state index contributed by atoms with van der Waals surface area (Å²) in [6.45, 7) is 5.42. The molecule has 0 saturated heterocycles. The van der Waals surface area contributed by atoms with E-state index in [4.69, 9.17) is 16.3 Å². The molecular weight excluding hydrogens is 312 g/mol. The molecule has 0 N–H and O–H groups in total. The highest BCUT2D eigenvalue weighted by Crippen LogP contribution is 2.22. The fourth-order valence-electron chi connectivity index (χ4n) is 2.46. The van der Waals surface area contributed by atoms with Crippen molar-refractivity contribution < 1.29 is 9.53 Å². The van der Waals surface area contributed by atoms with Gasteiger partial charge in [-0.05, 0) is 37.3 Å². The molecule has 0 atom stereocenters. The second-order valence-corrected chi connectivity index (χ2v) is 5.66. The van der Waals surface area contributed by atoms with Crippen molar-refractivity contribution in [2.75, 3.05) is 6.61 Å². The third kappa shape index (κ3) is 3.12. The average molecular weight is 327 g/mol. The van der Waals surface area contributed by atoms with Crippen LogP contribution in [0.25, 0.3) is 16.7 Å². The predicted molar refractivity (Wildman–Crippen MR) is 91.1 cm³/mol. The van der Waals surface area contributed by atoms with Gasteiger partial charge in [-0.15, -0.1) is 0 Å². The first-order chi connectivity index (χ1) is 11.1. The first-order valence-corrected chi connectivity index (χ1v) is 7.49. The van der Waals surface area contributed by atoms with Crippen LogP contribution in [-0.4, -0.2) is 22.1 Å². The van der Waals surface area contributed by atoms with Gasteiger partial charge in [-0.2, -0.15) is 0 Å². The van der Waals surface area contributed by atoms with Gasteiger partial charge in [0.1, 0.15) is 12.4 Å². The van der Waals surface area contributed by atoms with E-state index < -0.39 is 5.97 Å². The van der Waals surface area contributed by atoms with Crippen LogP contribution in [0.5, 0.6) is 0 Å². The topological polar surface area (TPSA) is 44.1 Å². The van der Waals surface area contributed by atoms with Crippen LogP contribution in [0.2, 0.25) is 0 Å². The van der Waals surface area contributed by atoms with Crippen LogP contribution in [0, 0.1) is 6.92 Å². The van der Waals surface area contributed by atoms with Crippen LogP contribution in [0.3, 0.4) is 0 Å². The minimum absolute atomic E-state index is 0.00406. The SMILES string of the molecule is C=C(Cl)COC(=O)c1ccc2c(c1)nc(C)n2-c1ccccc1. The summed E-state index contributed by atoms with van der Waals surface area (Å²) in [4.78, 5) is 16.5. The molecule has 1 heterocycles. The first kappa shape index (κ1) is 15.3. The summed E-state index contributed by atoms with van der Waals surface area (Å²) in [5.74, 6) is 0.409. The molecule has 5 heteroatoms. The van der Waals surface area contributed by atoms with Crippen LogP contribution >= 0.6 is 11.6 Å². The largest absolute Gasteiger partial charge is 0.456 e. The summed E-state index contributed by atoms with van der Waals surface area (Å²) >= 11 is 5.61. The van der Waals surface area contributed by atoms with Crippen molar-refractivity contribution >= 4 is 28.6 Å². The molecule has 0 fully saturated rings. The molecule has 0 radical (unpaired) electrons. The van der Waals surface area contributed by atoms with Gasteiger partial charge >= 0.3 is 5.97 Å². The second-order valence-electron chi connectivity index (χ2n) is 5.13. The monoisotopic (exact) mass is 326 g/mol. The van der Waals surface area contributed by atoms with Gasteiger partial charge in [0.2, 0.25) is 0 Å². The summed E-state index contributed by atoms with van der Waals surface area (Å²) < 4.78 is 7.10. The number of aromatic nitrogens is 2. The van der Waals surface area contributed by atoms with E-state index in [1.165, 1.54) is 0 Å². The Morgan fingerprint density at radius 1 is 1.26 bits per heavy atom. The molecule has 0 unspecified atom stereocenters. The maximum absolute atomic E-state index is 12.0. The summed E-state index contributed by atoms with van der Waals surface area (Å²) in [6, 6.07) is 15.3. The Bertz CT molecular complexity index is 885. The Labute approximate surface area is 139 Å². The molecule has 0 spiro atoms. The lowest BCUT2D eigenvalue weighted by atomic mass is 10.2. The molecule has 1 aromatic heterocycles. The van der Waals surface area contributed by atoms with E-state index in [0.29, 0.717) is 5.56 Å². The molecule has 2 aromatic carbocycles. The number of hydrogen-bond acceptors (Lipinski definition) is 3. The number of ether oxygens (including phenoxy) is 1.